The Morgan fingerprint density at radius 2 is 1.35 bits per heavy atom. The predicted molar refractivity (Wildman–Crippen MR) is 44.6 cm³/mol. The highest BCUT2D eigenvalue weighted by atomic mass is 19.4. The van der Waals surface area contributed by atoms with E-state index < -0.39 is 29.8 Å². The van der Waals surface area contributed by atoms with E-state index in [1.165, 1.54) is 13.8 Å². The summed E-state index contributed by atoms with van der Waals surface area (Å²) in [6.07, 6.45) is -12.7. The van der Waals surface area contributed by atoms with Crippen LogP contribution < -0.4 is 0 Å². The van der Waals surface area contributed by atoms with Crippen molar-refractivity contribution in [1.29, 1.82) is 0 Å². The Hall–Kier alpha value is -0.820. The van der Waals surface area contributed by atoms with Crippen LogP contribution in [0.4, 0.5) is 35.1 Å². The molecular weight excluding hydrogens is 260 g/mol. The molecule has 0 bridgehead atoms. The van der Waals surface area contributed by atoms with Gasteiger partial charge in [0.25, 0.3) is 0 Å². The molecule has 0 aliphatic carbocycles. The van der Waals surface area contributed by atoms with E-state index in [9.17, 15) is 35.1 Å². The highest BCUT2D eigenvalue weighted by molar-refractivity contribution is 5.18. The first kappa shape index (κ1) is 16.2. The van der Waals surface area contributed by atoms with Crippen LogP contribution >= 0.6 is 0 Å². The van der Waals surface area contributed by atoms with Crippen LogP contribution in [-0.2, 0) is 0 Å². The minimum atomic E-state index is -6.39. The summed E-state index contributed by atoms with van der Waals surface area (Å²) in [6, 6.07) is 0. The summed E-state index contributed by atoms with van der Waals surface area (Å²) in [5.41, 5.74) is -5.94. The predicted octanol–water partition coefficient (Wildman–Crippen LogP) is 4.72. The third-order valence-corrected chi connectivity index (χ3v) is 2.19. The molecule has 0 radical (unpaired) electrons. The number of rotatable bonds is 3. The van der Waals surface area contributed by atoms with Crippen LogP contribution in [0.2, 0.25) is 0 Å². The first-order valence-electron chi connectivity index (χ1n) is 4.58. The molecule has 8 heteroatoms. The normalized spacial score (nSPS) is 17.2. The van der Waals surface area contributed by atoms with Crippen LogP contribution in [0.3, 0.4) is 0 Å². The van der Waals surface area contributed by atoms with Crippen molar-refractivity contribution in [2.75, 3.05) is 0 Å². The van der Waals surface area contributed by atoms with Crippen molar-refractivity contribution in [3.8, 4) is 0 Å². The number of hydrogen-bond acceptors (Lipinski definition) is 0. The zero-order valence-corrected chi connectivity index (χ0v) is 8.89. The first-order chi connectivity index (χ1) is 7.38. The van der Waals surface area contributed by atoms with Gasteiger partial charge in [0.05, 0.1) is 0 Å². The zero-order chi connectivity index (χ0) is 14.1. The highest BCUT2D eigenvalue weighted by Gasteiger charge is 2.75. The van der Waals surface area contributed by atoms with Crippen LogP contribution in [0.1, 0.15) is 20.3 Å². The van der Waals surface area contributed by atoms with Gasteiger partial charge in [-0.1, -0.05) is 13.8 Å². The van der Waals surface area contributed by atoms with Crippen LogP contribution in [0, 0.1) is 5.92 Å². The molecule has 0 aliphatic rings. The number of alkyl halides is 7. The van der Waals surface area contributed by atoms with Crippen molar-refractivity contribution < 1.29 is 35.1 Å². The molecule has 17 heavy (non-hydrogen) atoms. The monoisotopic (exact) mass is 270 g/mol. The maximum absolute atomic E-state index is 13.0. The van der Waals surface area contributed by atoms with E-state index in [1.54, 1.807) is 0 Å². The van der Waals surface area contributed by atoms with Gasteiger partial charge in [0.2, 0.25) is 0 Å². The maximum Gasteiger partial charge on any atom is 0.438 e. The van der Waals surface area contributed by atoms with E-state index in [1.807, 2.05) is 0 Å². The number of halogens is 8. The van der Waals surface area contributed by atoms with Crippen LogP contribution in [0.15, 0.2) is 11.9 Å². The smallest absolute Gasteiger partial charge is 0.215 e. The average molecular weight is 270 g/mol. The highest BCUT2D eigenvalue weighted by Crippen LogP contribution is 2.51. The van der Waals surface area contributed by atoms with Gasteiger partial charge >= 0.3 is 18.0 Å². The summed E-state index contributed by atoms with van der Waals surface area (Å²) in [7, 11) is 0. The third-order valence-electron chi connectivity index (χ3n) is 2.19. The van der Waals surface area contributed by atoms with Crippen LogP contribution in [-0.4, -0.2) is 18.0 Å². The Balaban J connectivity index is 5.60. The lowest BCUT2D eigenvalue weighted by molar-refractivity contribution is -0.331. The summed E-state index contributed by atoms with van der Waals surface area (Å²) < 4.78 is 98.1. The van der Waals surface area contributed by atoms with Crippen molar-refractivity contribution in [3.63, 3.8) is 0 Å². The van der Waals surface area contributed by atoms with Gasteiger partial charge in [0.1, 0.15) is 0 Å². The Morgan fingerprint density at radius 1 is 1.00 bits per heavy atom. The molecule has 0 aromatic carbocycles. The van der Waals surface area contributed by atoms with E-state index in [0.717, 1.165) is 0 Å². The van der Waals surface area contributed by atoms with Gasteiger partial charge in [0, 0.05) is 0 Å². The summed E-state index contributed by atoms with van der Waals surface area (Å²) in [4.78, 5) is 0. The second-order valence-corrected chi connectivity index (χ2v) is 3.55. The zero-order valence-electron chi connectivity index (χ0n) is 8.89. The molecule has 1 unspecified atom stereocenters. The standard InChI is InChI=1S/C9H10F8/c1-3-5(2)4-6(10)7(11,8(12,13)14)9(15,16)17/h4-5H,3H2,1-2H3/b6-4-. The molecule has 0 spiro atoms. The van der Waals surface area contributed by atoms with Crippen molar-refractivity contribution >= 4 is 0 Å². The second kappa shape index (κ2) is 4.81. The minimum absolute atomic E-state index is 0.000972. The molecule has 0 heterocycles. The Morgan fingerprint density at radius 3 is 1.59 bits per heavy atom. The topological polar surface area (TPSA) is 0 Å². The third kappa shape index (κ3) is 3.10. The Labute approximate surface area is 92.3 Å². The molecule has 0 aromatic rings. The molecular formula is C9H10F8. The lowest BCUT2D eigenvalue weighted by atomic mass is 9.98. The summed E-state index contributed by atoms with van der Waals surface area (Å²) in [5.74, 6) is -3.80. The Kier molecular flexibility index (Phi) is 4.58. The van der Waals surface area contributed by atoms with Crippen molar-refractivity contribution in [1.82, 2.24) is 0 Å². The fraction of sp³-hybridized carbons (Fsp3) is 0.778. The molecule has 0 amide bonds. The van der Waals surface area contributed by atoms with Crippen molar-refractivity contribution in [3.05, 3.63) is 11.9 Å². The SMILES string of the molecule is CCC(C)/C=C(\F)C(F)(C(F)(F)F)C(F)(F)F. The van der Waals surface area contributed by atoms with Crippen LogP contribution in [0.5, 0.6) is 0 Å². The first-order valence-corrected chi connectivity index (χ1v) is 4.58. The molecule has 0 saturated heterocycles. The van der Waals surface area contributed by atoms with Gasteiger partial charge in [-0.3, -0.25) is 0 Å². The van der Waals surface area contributed by atoms with Crippen molar-refractivity contribution in [2.24, 2.45) is 5.92 Å². The average Bonchev–Trinajstić information content (AvgIpc) is 2.12. The molecule has 1 atom stereocenters. The van der Waals surface area contributed by atoms with E-state index in [4.69, 9.17) is 0 Å². The molecule has 0 fully saturated rings. The van der Waals surface area contributed by atoms with E-state index >= 15 is 0 Å². The van der Waals surface area contributed by atoms with Gasteiger partial charge in [-0.25, -0.2) is 8.78 Å². The van der Waals surface area contributed by atoms with Gasteiger partial charge in [0.15, 0.2) is 5.83 Å². The number of hydrogen-bond donors (Lipinski definition) is 0. The number of allylic oxidation sites excluding steroid dienone is 2. The molecule has 102 valence electrons. The Bertz CT molecular complexity index is 270. The van der Waals surface area contributed by atoms with E-state index in [0.29, 0.717) is 0 Å². The molecule has 0 aromatic heterocycles. The quantitative estimate of drug-likeness (QED) is 0.651. The lowest BCUT2D eigenvalue weighted by Crippen LogP contribution is -2.53. The summed E-state index contributed by atoms with van der Waals surface area (Å²) in [5, 5.41) is 0. The van der Waals surface area contributed by atoms with Gasteiger partial charge in [-0.2, -0.15) is 26.3 Å². The van der Waals surface area contributed by atoms with Crippen molar-refractivity contribution in [2.45, 2.75) is 38.3 Å². The van der Waals surface area contributed by atoms with E-state index in [-0.39, 0.29) is 12.5 Å². The largest absolute Gasteiger partial charge is 0.438 e. The van der Waals surface area contributed by atoms with Gasteiger partial charge < -0.3 is 0 Å². The molecule has 0 rings (SSSR count). The molecule has 0 aliphatic heterocycles. The van der Waals surface area contributed by atoms with Gasteiger partial charge in [-0.05, 0) is 18.4 Å². The molecule has 0 saturated carbocycles. The van der Waals surface area contributed by atoms with E-state index in [2.05, 4.69) is 0 Å². The fourth-order valence-electron chi connectivity index (χ4n) is 0.914. The molecule has 0 N–H and O–H groups in total. The summed E-state index contributed by atoms with van der Waals surface area (Å²) >= 11 is 0. The molecule has 0 nitrogen and oxygen atoms in total. The van der Waals surface area contributed by atoms with Gasteiger partial charge in [-0.15, -0.1) is 0 Å². The second-order valence-electron chi connectivity index (χ2n) is 3.55. The fourth-order valence-corrected chi connectivity index (χ4v) is 0.914. The minimum Gasteiger partial charge on any atom is -0.215 e. The van der Waals surface area contributed by atoms with Crippen LogP contribution in [0.25, 0.3) is 0 Å². The maximum atomic E-state index is 13.0. The summed E-state index contributed by atoms with van der Waals surface area (Å²) in [6.45, 7) is 2.59. The lowest BCUT2D eigenvalue weighted by Gasteiger charge is -2.28.